The SMILES string of the molecule is C#CCN(CC1CC1)S(=O)(=O)c1cccc(F)c1[N+](=O)[O-]. The highest BCUT2D eigenvalue weighted by Crippen LogP contribution is 2.34. The maximum Gasteiger partial charge on any atom is 0.324 e. The number of nitro groups is 1. The van der Waals surface area contributed by atoms with E-state index in [1.807, 2.05) is 0 Å². The molecule has 1 aliphatic carbocycles. The third-order valence-electron chi connectivity index (χ3n) is 3.18. The highest BCUT2D eigenvalue weighted by molar-refractivity contribution is 7.89. The van der Waals surface area contributed by atoms with Gasteiger partial charge in [-0.15, -0.1) is 6.42 Å². The summed E-state index contributed by atoms with van der Waals surface area (Å²) in [5.74, 6) is 1.25. The van der Waals surface area contributed by atoms with Crippen LogP contribution in [0, 0.1) is 34.2 Å². The van der Waals surface area contributed by atoms with Crippen LogP contribution in [-0.4, -0.2) is 30.7 Å². The summed E-state index contributed by atoms with van der Waals surface area (Å²) in [6, 6.07) is 3.00. The van der Waals surface area contributed by atoms with Gasteiger partial charge >= 0.3 is 5.69 Å². The van der Waals surface area contributed by atoms with Gasteiger partial charge < -0.3 is 0 Å². The number of terminal acetylenes is 1. The molecule has 1 aromatic carbocycles. The summed E-state index contributed by atoms with van der Waals surface area (Å²) in [6.45, 7) is -0.00724. The number of rotatable bonds is 6. The van der Waals surface area contributed by atoms with Gasteiger partial charge in [0.2, 0.25) is 5.82 Å². The van der Waals surface area contributed by atoms with Crippen molar-refractivity contribution in [2.24, 2.45) is 5.92 Å². The molecule has 0 atom stereocenters. The van der Waals surface area contributed by atoms with E-state index in [1.54, 1.807) is 0 Å². The highest BCUT2D eigenvalue weighted by atomic mass is 32.2. The normalized spacial score (nSPS) is 14.9. The van der Waals surface area contributed by atoms with Gasteiger partial charge in [-0.2, -0.15) is 8.70 Å². The summed E-state index contributed by atoms with van der Waals surface area (Å²) in [4.78, 5) is 9.25. The molecule has 2 rings (SSSR count). The van der Waals surface area contributed by atoms with Crippen molar-refractivity contribution in [2.45, 2.75) is 17.7 Å². The summed E-state index contributed by atoms with van der Waals surface area (Å²) in [5, 5.41) is 10.9. The summed E-state index contributed by atoms with van der Waals surface area (Å²) < 4.78 is 39.6. The average Bonchev–Trinajstić information content (AvgIpc) is 3.21. The van der Waals surface area contributed by atoms with Gasteiger partial charge in [0.15, 0.2) is 4.90 Å². The number of halogens is 1. The van der Waals surface area contributed by atoms with E-state index in [4.69, 9.17) is 6.42 Å². The molecule has 0 heterocycles. The monoisotopic (exact) mass is 312 g/mol. The molecule has 1 aromatic rings. The first kappa shape index (κ1) is 15.4. The van der Waals surface area contributed by atoms with Crippen molar-refractivity contribution >= 4 is 15.7 Å². The number of benzene rings is 1. The standard InChI is InChI=1S/C13H13FN2O4S/c1-2-8-15(9-10-6-7-10)21(19,20)12-5-3-4-11(14)13(12)16(17)18/h1,3-5,10H,6-9H2. The first-order chi connectivity index (χ1) is 9.87. The lowest BCUT2D eigenvalue weighted by molar-refractivity contribution is -0.390. The third kappa shape index (κ3) is 3.20. The van der Waals surface area contributed by atoms with Crippen molar-refractivity contribution in [3.05, 3.63) is 34.1 Å². The largest absolute Gasteiger partial charge is 0.324 e. The van der Waals surface area contributed by atoms with Crippen molar-refractivity contribution in [3.8, 4) is 12.3 Å². The fourth-order valence-corrected chi connectivity index (χ4v) is 3.55. The van der Waals surface area contributed by atoms with Crippen LogP contribution in [0.1, 0.15) is 12.8 Å². The van der Waals surface area contributed by atoms with Crippen LogP contribution in [0.2, 0.25) is 0 Å². The van der Waals surface area contributed by atoms with Crippen LogP contribution in [0.4, 0.5) is 10.1 Å². The Balaban J connectivity index is 2.49. The summed E-state index contributed by atoms with van der Waals surface area (Å²) >= 11 is 0. The van der Waals surface area contributed by atoms with Crippen molar-refractivity contribution < 1.29 is 17.7 Å². The second kappa shape index (κ2) is 5.79. The van der Waals surface area contributed by atoms with Gasteiger partial charge in [0, 0.05) is 6.54 Å². The minimum Gasteiger partial charge on any atom is -0.258 e. The van der Waals surface area contributed by atoms with Gasteiger partial charge in [0.1, 0.15) is 0 Å². The minimum absolute atomic E-state index is 0.195. The quantitative estimate of drug-likeness (QED) is 0.455. The molecule has 0 saturated heterocycles. The van der Waals surface area contributed by atoms with Gasteiger partial charge in [0.05, 0.1) is 11.5 Å². The Labute approximate surface area is 121 Å². The van der Waals surface area contributed by atoms with Gasteiger partial charge in [-0.05, 0) is 30.9 Å². The van der Waals surface area contributed by atoms with Crippen LogP contribution in [0.15, 0.2) is 23.1 Å². The molecule has 1 fully saturated rings. The second-order valence-corrected chi connectivity index (χ2v) is 6.70. The Hall–Kier alpha value is -1.98. The molecule has 0 amide bonds. The molecule has 21 heavy (non-hydrogen) atoms. The predicted octanol–water partition coefficient (Wildman–Crippen LogP) is 1.77. The van der Waals surface area contributed by atoms with Crippen molar-refractivity contribution in [2.75, 3.05) is 13.1 Å². The van der Waals surface area contributed by atoms with E-state index >= 15 is 0 Å². The summed E-state index contributed by atoms with van der Waals surface area (Å²) in [5.41, 5.74) is -1.05. The lowest BCUT2D eigenvalue weighted by Gasteiger charge is -2.19. The summed E-state index contributed by atoms with van der Waals surface area (Å²) in [7, 11) is -4.21. The molecule has 0 N–H and O–H groups in total. The molecule has 0 radical (unpaired) electrons. The van der Waals surface area contributed by atoms with Gasteiger partial charge in [-0.25, -0.2) is 8.42 Å². The van der Waals surface area contributed by atoms with Gasteiger partial charge in [-0.3, -0.25) is 10.1 Å². The number of nitro benzene ring substituents is 1. The van der Waals surface area contributed by atoms with Crippen molar-refractivity contribution in [1.29, 1.82) is 0 Å². The number of nitrogens with zero attached hydrogens (tertiary/aromatic N) is 2. The molecule has 1 saturated carbocycles. The predicted molar refractivity (Wildman–Crippen MR) is 73.4 cm³/mol. The zero-order chi connectivity index (χ0) is 15.6. The zero-order valence-corrected chi connectivity index (χ0v) is 11.8. The van der Waals surface area contributed by atoms with E-state index in [2.05, 4.69) is 5.92 Å². The molecule has 0 aromatic heterocycles. The number of hydrogen-bond donors (Lipinski definition) is 0. The Bertz CT molecular complexity index is 707. The first-order valence-corrected chi connectivity index (χ1v) is 7.68. The van der Waals surface area contributed by atoms with Crippen LogP contribution in [-0.2, 0) is 10.0 Å². The molecule has 8 heteroatoms. The van der Waals surface area contributed by atoms with E-state index in [0.29, 0.717) is 0 Å². The Kier molecular flexibility index (Phi) is 4.25. The third-order valence-corrected chi connectivity index (χ3v) is 5.02. The first-order valence-electron chi connectivity index (χ1n) is 6.24. The molecule has 0 aliphatic heterocycles. The Morgan fingerprint density at radius 2 is 2.14 bits per heavy atom. The molecule has 1 aliphatic rings. The van der Waals surface area contributed by atoms with E-state index in [9.17, 15) is 22.9 Å². The van der Waals surface area contributed by atoms with Crippen LogP contribution in [0.5, 0.6) is 0 Å². The second-order valence-electron chi connectivity index (χ2n) is 4.79. The van der Waals surface area contributed by atoms with Gasteiger partial charge in [0.25, 0.3) is 10.0 Å². The van der Waals surface area contributed by atoms with Crippen LogP contribution in [0.25, 0.3) is 0 Å². The number of para-hydroxylation sites is 1. The fourth-order valence-electron chi connectivity index (χ4n) is 1.96. The van der Waals surface area contributed by atoms with Crippen LogP contribution >= 0.6 is 0 Å². The van der Waals surface area contributed by atoms with Crippen molar-refractivity contribution in [3.63, 3.8) is 0 Å². The van der Waals surface area contributed by atoms with Crippen LogP contribution < -0.4 is 0 Å². The molecule has 0 bridgehead atoms. The highest BCUT2D eigenvalue weighted by Gasteiger charge is 2.36. The molecule has 0 spiro atoms. The summed E-state index contributed by atoms with van der Waals surface area (Å²) in [6.07, 6.45) is 6.95. The topological polar surface area (TPSA) is 80.5 Å². The van der Waals surface area contributed by atoms with E-state index in [-0.39, 0.29) is 19.0 Å². The number of hydrogen-bond acceptors (Lipinski definition) is 4. The van der Waals surface area contributed by atoms with E-state index in [0.717, 1.165) is 35.3 Å². The lowest BCUT2D eigenvalue weighted by Crippen LogP contribution is -2.33. The fraction of sp³-hybridized carbons (Fsp3) is 0.385. The Morgan fingerprint density at radius 3 is 2.67 bits per heavy atom. The Morgan fingerprint density at radius 1 is 1.48 bits per heavy atom. The van der Waals surface area contributed by atoms with E-state index in [1.165, 1.54) is 0 Å². The maximum absolute atomic E-state index is 13.6. The van der Waals surface area contributed by atoms with Crippen molar-refractivity contribution in [1.82, 2.24) is 4.31 Å². The maximum atomic E-state index is 13.6. The van der Waals surface area contributed by atoms with Gasteiger partial charge in [-0.1, -0.05) is 12.0 Å². The molecular weight excluding hydrogens is 299 g/mol. The molecule has 6 nitrogen and oxygen atoms in total. The molecular formula is C13H13FN2O4S. The number of sulfonamides is 1. The van der Waals surface area contributed by atoms with Crippen LogP contribution in [0.3, 0.4) is 0 Å². The zero-order valence-electron chi connectivity index (χ0n) is 11.0. The minimum atomic E-state index is -4.21. The molecule has 112 valence electrons. The smallest absolute Gasteiger partial charge is 0.258 e. The molecule has 0 unspecified atom stereocenters. The lowest BCUT2D eigenvalue weighted by atomic mass is 10.3. The van der Waals surface area contributed by atoms with E-state index < -0.39 is 31.3 Å². The average molecular weight is 312 g/mol.